The lowest BCUT2D eigenvalue weighted by atomic mass is 10.0. The third kappa shape index (κ3) is 0.893. The minimum Gasteiger partial charge on any atom is -0.0820 e. The molecule has 0 saturated heterocycles. The van der Waals surface area contributed by atoms with Crippen molar-refractivity contribution in [2.45, 2.75) is 37.0 Å². The second-order valence-corrected chi connectivity index (χ2v) is 4.24. The second kappa shape index (κ2) is 2.16. The van der Waals surface area contributed by atoms with Gasteiger partial charge in [0.05, 0.1) is 0 Å². The van der Waals surface area contributed by atoms with Crippen molar-refractivity contribution in [3.8, 4) is 0 Å². The summed E-state index contributed by atoms with van der Waals surface area (Å²) in [6, 6.07) is 0. The van der Waals surface area contributed by atoms with Gasteiger partial charge in [0.1, 0.15) is 0 Å². The van der Waals surface area contributed by atoms with Crippen LogP contribution in [0.1, 0.15) is 33.1 Å². The first-order valence-corrected chi connectivity index (χ1v) is 4.64. The summed E-state index contributed by atoms with van der Waals surface area (Å²) in [7, 11) is 0. The van der Waals surface area contributed by atoms with Crippen molar-refractivity contribution < 1.29 is 0 Å². The summed E-state index contributed by atoms with van der Waals surface area (Å²) in [6.45, 7) is 4.62. The maximum atomic E-state index is 2.57. The summed E-state index contributed by atoms with van der Waals surface area (Å²) >= 11 is 2.57. The molecule has 0 N–H and O–H groups in total. The van der Waals surface area contributed by atoms with E-state index in [9.17, 15) is 0 Å². The van der Waals surface area contributed by atoms with Gasteiger partial charge in [-0.2, -0.15) is 0 Å². The van der Waals surface area contributed by atoms with E-state index in [1.165, 1.54) is 19.3 Å². The molecule has 48 valence electrons. The predicted octanol–water partition coefficient (Wildman–Crippen LogP) is 3.00. The van der Waals surface area contributed by atoms with Crippen LogP contribution in [0.4, 0.5) is 0 Å². The molecule has 0 spiro atoms. The lowest BCUT2D eigenvalue weighted by Crippen LogP contribution is -1.98. The fourth-order valence-corrected chi connectivity index (χ4v) is 3.04. The Labute approximate surface area is 65.2 Å². The molecule has 1 fully saturated rings. The molecule has 1 atom stereocenters. The molecule has 0 aliphatic heterocycles. The van der Waals surface area contributed by atoms with E-state index in [-0.39, 0.29) is 0 Å². The normalized spacial score (nSPS) is 32.6. The Morgan fingerprint density at radius 2 is 1.88 bits per heavy atom. The van der Waals surface area contributed by atoms with Crippen LogP contribution in [0.25, 0.3) is 0 Å². The van der Waals surface area contributed by atoms with E-state index in [2.05, 4.69) is 36.4 Å². The Morgan fingerprint density at radius 3 is 1.88 bits per heavy atom. The number of halogens is 1. The monoisotopic (exact) mass is 224 g/mol. The smallest absolute Gasteiger partial charge is 0.0172 e. The molecular weight excluding hydrogens is 211 g/mol. The summed E-state index contributed by atoms with van der Waals surface area (Å²) in [5, 5.41) is 0. The van der Waals surface area contributed by atoms with Gasteiger partial charge in [-0.25, -0.2) is 0 Å². The Kier molecular flexibility index (Phi) is 1.85. The Balaban J connectivity index is 2.39. The lowest BCUT2D eigenvalue weighted by molar-refractivity contribution is 0.480. The number of alkyl halides is 1. The van der Waals surface area contributed by atoms with Gasteiger partial charge in [-0.15, -0.1) is 0 Å². The molecule has 0 radical (unpaired) electrons. The topological polar surface area (TPSA) is 0 Å². The van der Waals surface area contributed by atoms with Gasteiger partial charge < -0.3 is 0 Å². The standard InChI is InChI=1S/C7H13I/c1-3-7(4-2)5-6(7)8/h6H,3-5H2,1-2H3. The van der Waals surface area contributed by atoms with Crippen LogP contribution < -0.4 is 0 Å². The maximum Gasteiger partial charge on any atom is 0.0172 e. The van der Waals surface area contributed by atoms with Crippen molar-refractivity contribution in [2.24, 2.45) is 5.41 Å². The van der Waals surface area contributed by atoms with Gasteiger partial charge in [0.25, 0.3) is 0 Å². The number of hydrogen-bond donors (Lipinski definition) is 0. The summed E-state index contributed by atoms with van der Waals surface area (Å²) in [6.07, 6.45) is 4.24. The highest BCUT2D eigenvalue weighted by Gasteiger charge is 2.48. The van der Waals surface area contributed by atoms with Crippen LogP contribution in [0.3, 0.4) is 0 Å². The van der Waals surface area contributed by atoms with Gasteiger partial charge in [-0.3, -0.25) is 0 Å². The van der Waals surface area contributed by atoms with Gasteiger partial charge in [-0.1, -0.05) is 36.4 Å². The van der Waals surface area contributed by atoms with Crippen LogP contribution in [0.5, 0.6) is 0 Å². The van der Waals surface area contributed by atoms with E-state index in [4.69, 9.17) is 0 Å². The van der Waals surface area contributed by atoms with Crippen LogP contribution in [0.15, 0.2) is 0 Å². The molecule has 8 heavy (non-hydrogen) atoms. The zero-order valence-electron chi connectivity index (χ0n) is 5.58. The number of rotatable bonds is 2. The Bertz CT molecular complexity index is 78.9. The average molecular weight is 224 g/mol. The van der Waals surface area contributed by atoms with Gasteiger partial charge >= 0.3 is 0 Å². The molecule has 0 heterocycles. The summed E-state index contributed by atoms with van der Waals surface area (Å²) in [5.74, 6) is 0. The summed E-state index contributed by atoms with van der Waals surface area (Å²) in [4.78, 5) is 0. The van der Waals surface area contributed by atoms with Crippen molar-refractivity contribution in [2.75, 3.05) is 0 Å². The minimum absolute atomic E-state index is 0.778. The summed E-state index contributed by atoms with van der Waals surface area (Å²) < 4.78 is 0.995. The van der Waals surface area contributed by atoms with Crippen molar-refractivity contribution in [1.82, 2.24) is 0 Å². The third-order valence-corrected chi connectivity index (χ3v) is 4.26. The van der Waals surface area contributed by atoms with Gasteiger partial charge in [0.2, 0.25) is 0 Å². The molecule has 0 aromatic carbocycles. The molecule has 0 nitrogen and oxygen atoms in total. The van der Waals surface area contributed by atoms with Crippen molar-refractivity contribution >= 4 is 22.6 Å². The van der Waals surface area contributed by atoms with Gasteiger partial charge in [0.15, 0.2) is 0 Å². The van der Waals surface area contributed by atoms with E-state index in [0.29, 0.717) is 0 Å². The average Bonchev–Trinajstić information content (AvgIpc) is 2.43. The first-order chi connectivity index (χ1) is 3.75. The lowest BCUT2D eigenvalue weighted by Gasteiger charge is -2.06. The fraction of sp³-hybridized carbons (Fsp3) is 1.00. The first-order valence-electron chi connectivity index (χ1n) is 3.39. The highest BCUT2D eigenvalue weighted by Crippen LogP contribution is 2.56. The maximum absolute atomic E-state index is 2.57. The largest absolute Gasteiger partial charge is 0.0820 e. The van der Waals surface area contributed by atoms with Gasteiger partial charge in [-0.05, 0) is 24.7 Å². The van der Waals surface area contributed by atoms with E-state index < -0.39 is 0 Å². The Hall–Kier alpha value is 0.730. The van der Waals surface area contributed by atoms with Crippen LogP contribution >= 0.6 is 22.6 Å². The SMILES string of the molecule is CCC1(CC)CC1I. The molecule has 1 heteroatoms. The highest BCUT2D eigenvalue weighted by molar-refractivity contribution is 14.1. The highest BCUT2D eigenvalue weighted by atomic mass is 127. The molecular formula is C7H13I. The van der Waals surface area contributed by atoms with Crippen molar-refractivity contribution in [3.05, 3.63) is 0 Å². The molecule has 0 amide bonds. The molecule has 1 unspecified atom stereocenters. The number of hydrogen-bond acceptors (Lipinski definition) is 0. The van der Waals surface area contributed by atoms with Crippen LogP contribution in [0.2, 0.25) is 0 Å². The third-order valence-electron chi connectivity index (χ3n) is 2.50. The minimum atomic E-state index is 0.778. The van der Waals surface area contributed by atoms with Crippen LogP contribution in [-0.2, 0) is 0 Å². The van der Waals surface area contributed by atoms with E-state index in [1.54, 1.807) is 0 Å². The molecule has 1 saturated carbocycles. The molecule has 0 aromatic heterocycles. The summed E-state index contributed by atoms with van der Waals surface area (Å²) in [5.41, 5.74) is 0.778. The zero-order chi connectivity index (χ0) is 6.20. The van der Waals surface area contributed by atoms with E-state index >= 15 is 0 Å². The molecule has 1 rings (SSSR count). The van der Waals surface area contributed by atoms with Crippen LogP contribution in [0, 0.1) is 5.41 Å². The van der Waals surface area contributed by atoms with Gasteiger partial charge in [0, 0.05) is 3.92 Å². The predicted molar refractivity (Wildman–Crippen MR) is 45.4 cm³/mol. The van der Waals surface area contributed by atoms with Crippen molar-refractivity contribution in [3.63, 3.8) is 0 Å². The Morgan fingerprint density at radius 1 is 1.50 bits per heavy atom. The molecule has 0 bridgehead atoms. The molecule has 0 aromatic rings. The van der Waals surface area contributed by atoms with E-state index in [1.807, 2.05) is 0 Å². The molecule has 1 aliphatic carbocycles. The second-order valence-electron chi connectivity index (χ2n) is 2.74. The van der Waals surface area contributed by atoms with E-state index in [0.717, 1.165) is 9.34 Å². The molecule has 1 aliphatic rings. The quantitative estimate of drug-likeness (QED) is 0.499. The first kappa shape index (κ1) is 6.84. The zero-order valence-corrected chi connectivity index (χ0v) is 7.73. The van der Waals surface area contributed by atoms with Crippen molar-refractivity contribution in [1.29, 1.82) is 0 Å². The fourth-order valence-electron chi connectivity index (χ4n) is 1.28. The van der Waals surface area contributed by atoms with Crippen LogP contribution in [-0.4, -0.2) is 3.92 Å².